The molecule has 2 rings (SSSR count). The second kappa shape index (κ2) is 7.65. The molecule has 0 saturated carbocycles. The van der Waals surface area contributed by atoms with Gasteiger partial charge in [0.25, 0.3) is 5.91 Å². The number of hydrogen-bond acceptors (Lipinski definition) is 5. The van der Waals surface area contributed by atoms with Crippen LogP contribution in [0.2, 0.25) is 0 Å². The molecule has 0 spiro atoms. The Balaban J connectivity index is 2.00. The van der Waals surface area contributed by atoms with Crippen molar-refractivity contribution in [2.75, 3.05) is 12.4 Å². The lowest BCUT2D eigenvalue weighted by Gasteiger charge is -2.14. The van der Waals surface area contributed by atoms with Crippen LogP contribution in [0.1, 0.15) is 34.7 Å². The highest BCUT2D eigenvalue weighted by molar-refractivity contribution is 5.99. The van der Waals surface area contributed by atoms with E-state index in [0.29, 0.717) is 17.0 Å². The Labute approximate surface area is 145 Å². The molecule has 7 nitrogen and oxygen atoms in total. The van der Waals surface area contributed by atoms with Crippen LogP contribution in [0.15, 0.2) is 36.5 Å². The van der Waals surface area contributed by atoms with Crippen molar-refractivity contribution in [3.8, 4) is 5.75 Å². The van der Waals surface area contributed by atoms with E-state index < -0.39 is 18.0 Å². The summed E-state index contributed by atoms with van der Waals surface area (Å²) in [5.74, 6) is -0.616. The summed E-state index contributed by atoms with van der Waals surface area (Å²) in [6.45, 7) is 2.89. The van der Waals surface area contributed by atoms with Gasteiger partial charge in [0.2, 0.25) is 0 Å². The van der Waals surface area contributed by atoms with Crippen molar-refractivity contribution in [3.05, 3.63) is 47.8 Å². The highest BCUT2D eigenvalue weighted by Crippen LogP contribution is 2.16. The van der Waals surface area contributed by atoms with Gasteiger partial charge in [-0.1, -0.05) is 0 Å². The molecule has 2 aromatic rings. The van der Waals surface area contributed by atoms with Crippen LogP contribution >= 0.6 is 0 Å². The lowest BCUT2D eigenvalue weighted by atomic mass is 10.2. The Morgan fingerprint density at radius 2 is 1.80 bits per heavy atom. The lowest BCUT2D eigenvalue weighted by Crippen LogP contribution is -2.30. The number of aromatic nitrogens is 1. The lowest BCUT2D eigenvalue weighted by molar-refractivity contribution is -0.123. The van der Waals surface area contributed by atoms with Gasteiger partial charge in [0.1, 0.15) is 11.4 Å². The SMILES string of the molecule is COc1ccc(NC(=O)[C@H](C)OC(=O)c2cc(C(C)=O)cn2C)cc1. The fraction of sp³-hybridized carbons (Fsp3) is 0.278. The molecule has 1 amide bonds. The van der Waals surface area contributed by atoms with Crippen LogP contribution in [0, 0.1) is 0 Å². The molecular weight excluding hydrogens is 324 g/mol. The molecule has 1 atom stereocenters. The first kappa shape index (κ1) is 18.3. The van der Waals surface area contributed by atoms with Crippen molar-refractivity contribution in [2.24, 2.45) is 7.05 Å². The molecule has 0 radical (unpaired) electrons. The number of ether oxygens (including phenoxy) is 2. The summed E-state index contributed by atoms with van der Waals surface area (Å²) in [5.41, 5.74) is 1.17. The minimum atomic E-state index is -0.995. The molecule has 132 valence electrons. The van der Waals surface area contributed by atoms with Crippen LogP contribution in [0.3, 0.4) is 0 Å². The third kappa shape index (κ3) is 4.47. The van der Waals surface area contributed by atoms with Gasteiger partial charge in [-0.05, 0) is 44.2 Å². The molecule has 1 aromatic heterocycles. The first-order valence-electron chi connectivity index (χ1n) is 7.65. The van der Waals surface area contributed by atoms with Crippen LogP contribution in [0.25, 0.3) is 0 Å². The van der Waals surface area contributed by atoms with Crippen molar-refractivity contribution in [3.63, 3.8) is 0 Å². The molecule has 1 heterocycles. The number of benzene rings is 1. The van der Waals surface area contributed by atoms with Crippen molar-refractivity contribution in [1.29, 1.82) is 0 Å². The molecule has 0 bridgehead atoms. The zero-order valence-electron chi connectivity index (χ0n) is 14.5. The first-order chi connectivity index (χ1) is 11.8. The van der Waals surface area contributed by atoms with Crippen LogP contribution < -0.4 is 10.1 Å². The Kier molecular flexibility index (Phi) is 5.59. The van der Waals surface area contributed by atoms with Crippen LogP contribution in [-0.4, -0.2) is 35.4 Å². The standard InChI is InChI=1S/C18H20N2O5/c1-11(21)13-9-16(20(3)10-13)18(23)25-12(2)17(22)19-14-5-7-15(24-4)8-6-14/h5-10,12H,1-4H3,(H,19,22)/t12-/m0/s1. The molecule has 0 aliphatic heterocycles. The number of anilines is 1. The van der Waals surface area contributed by atoms with E-state index in [-0.39, 0.29) is 11.5 Å². The molecule has 0 aliphatic carbocycles. The van der Waals surface area contributed by atoms with E-state index in [2.05, 4.69) is 5.32 Å². The number of carbonyl (C=O) groups is 3. The van der Waals surface area contributed by atoms with Crippen molar-refractivity contribution in [1.82, 2.24) is 4.57 Å². The van der Waals surface area contributed by atoms with Crippen molar-refractivity contribution < 1.29 is 23.9 Å². The normalized spacial score (nSPS) is 11.5. The summed E-state index contributed by atoms with van der Waals surface area (Å²) < 4.78 is 11.7. The van der Waals surface area contributed by atoms with E-state index in [1.165, 1.54) is 24.5 Å². The summed E-state index contributed by atoms with van der Waals surface area (Å²) in [5, 5.41) is 2.66. The second-order valence-electron chi connectivity index (χ2n) is 5.55. The number of methoxy groups -OCH3 is 1. The Hall–Kier alpha value is -3.09. The van der Waals surface area contributed by atoms with E-state index in [1.54, 1.807) is 44.6 Å². The number of nitrogens with zero attached hydrogens (tertiary/aromatic N) is 1. The third-order valence-electron chi connectivity index (χ3n) is 3.63. The van der Waals surface area contributed by atoms with Gasteiger partial charge in [0.15, 0.2) is 11.9 Å². The number of carbonyl (C=O) groups excluding carboxylic acids is 3. The number of esters is 1. The largest absolute Gasteiger partial charge is 0.497 e. The Bertz CT molecular complexity index is 792. The fourth-order valence-electron chi connectivity index (χ4n) is 2.15. The van der Waals surface area contributed by atoms with Crippen LogP contribution in [0.5, 0.6) is 5.75 Å². The molecule has 0 fully saturated rings. The average Bonchev–Trinajstić information content (AvgIpc) is 2.97. The topological polar surface area (TPSA) is 86.6 Å². The zero-order valence-corrected chi connectivity index (χ0v) is 14.5. The summed E-state index contributed by atoms with van der Waals surface area (Å²) in [4.78, 5) is 35.7. The molecular formula is C18H20N2O5. The smallest absolute Gasteiger partial charge is 0.355 e. The fourth-order valence-corrected chi connectivity index (χ4v) is 2.15. The summed E-state index contributed by atoms with van der Waals surface area (Å²) in [6, 6.07) is 8.22. The quantitative estimate of drug-likeness (QED) is 0.642. The molecule has 0 unspecified atom stereocenters. The number of amides is 1. The maximum absolute atomic E-state index is 12.2. The zero-order chi connectivity index (χ0) is 18.6. The number of ketones is 1. The van der Waals surface area contributed by atoms with E-state index in [1.807, 2.05) is 0 Å². The minimum absolute atomic E-state index is 0.153. The van der Waals surface area contributed by atoms with Crippen molar-refractivity contribution in [2.45, 2.75) is 20.0 Å². The number of nitrogens with one attached hydrogen (secondary N) is 1. The number of hydrogen-bond donors (Lipinski definition) is 1. The van der Waals surface area contributed by atoms with Gasteiger partial charge in [-0.15, -0.1) is 0 Å². The van der Waals surface area contributed by atoms with Gasteiger partial charge in [-0.2, -0.15) is 0 Å². The maximum Gasteiger partial charge on any atom is 0.355 e. The molecule has 1 aromatic carbocycles. The molecule has 1 N–H and O–H groups in total. The molecule has 25 heavy (non-hydrogen) atoms. The van der Waals surface area contributed by atoms with Gasteiger partial charge >= 0.3 is 5.97 Å². The number of Topliss-reactive ketones (excluding diaryl/α,β-unsaturated/α-hetero) is 1. The summed E-state index contributed by atoms with van der Waals surface area (Å²) in [7, 11) is 3.18. The van der Waals surface area contributed by atoms with E-state index in [0.717, 1.165) is 0 Å². The van der Waals surface area contributed by atoms with Gasteiger partial charge in [0.05, 0.1) is 7.11 Å². The predicted molar refractivity (Wildman–Crippen MR) is 91.9 cm³/mol. The third-order valence-corrected chi connectivity index (χ3v) is 3.63. The highest BCUT2D eigenvalue weighted by atomic mass is 16.5. The second-order valence-corrected chi connectivity index (χ2v) is 5.55. The first-order valence-corrected chi connectivity index (χ1v) is 7.65. The van der Waals surface area contributed by atoms with Crippen LogP contribution in [0.4, 0.5) is 5.69 Å². The average molecular weight is 344 g/mol. The highest BCUT2D eigenvalue weighted by Gasteiger charge is 2.22. The summed E-state index contributed by atoms with van der Waals surface area (Å²) >= 11 is 0. The van der Waals surface area contributed by atoms with Gasteiger partial charge in [0, 0.05) is 24.5 Å². The molecule has 0 aliphatic rings. The monoisotopic (exact) mass is 344 g/mol. The number of rotatable bonds is 6. The van der Waals surface area contributed by atoms with Crippen LogP contribution in [-0.2, 0) is 16.6 Å². The van der Waals surface area contributed by atoms with E-state index >= 15 is 0 Å². The minimum Gasteiger partial charge on any atom is -0.497 e. The number of aryl methyl sites for hydroxylation is 1. The van der Waals surface area contributed by atoms with Gasteiger partial charge < -0.3 is 19.4 Å². The summed E-state index contributed by atoms with van der Waals surface area (Å²) in [6.07, 6.45) is 0.548. The van der Waals surface area contributed by atoms with Gasteiger partial charge in [-0.25, -0.2) is 4.79 Å². The molecule has 7 heteroatoms. The van der Waals surface area contributed by atoms with Crippen molar-refractivity contribution >= 4 is 23.3 Å². The van der Waals surface area contributed by atoms with E-state index in [4.69, 9.17) is 9.47 Å². The predicted octanol–water partition coefficient (Wildman–Crippen LogP) is 2.42. The molecule has 0 saturated heterocycles. The van der Waals surface area contributed by atoms with E-state index in [9.17, 15) is 14.4 Å². The Morgan fingerprint density at radius 3 is 2.32 bits per heavy atom. The maximum atomic E-state index is 12.2. The Morgan fingerprint density at radius 1 is 1.16 bits per heavy atom. The van der Waals surface area contributed by atoms with Gasteiger partial charge in [-0.3, -0.25) is 9.59 Å².